The molecule has 0 bridgehead atoms. The van der Waals surface area contributed by atoms with Crippen LogP contribution in [0.3, 0.4) is 0 Å². The van der Waals surface area contributed by atoms with E-state index in [4.69, 9.17) is 0 Å². The maximum atomic E-state index is 13.2. The van der Waals surface area contributed by atoms with Crippen molar-refractivity contribution in [2.45, 2.75) is 45.4 Å². The first-order valence-electron chi connectivity index (χ1n) is 11.3. The van der Waals surface area contributed by atoms with E-state index in [0.717, 1.165) is 54.8 Å². The minimum atomic E-state index is -0.717. The lowest BCUT2D eigenvalue weighted by atomic mass is 9.89. The molecule has 6 heteroatoms. The molecule has 1 fully saturated rings. The van der Waals surface area contributed by atoms with Crippen molar-refractivity contribution in [1.82, 2.24) is 5.32 Å². The Morgan fingerprint density at radius 2 is 1.56 bits per heavy atom. The van der Waals surface area contributed by atoms with Crippen LogP contribution in [-0.4, -0.2) is 30.9 Å². The van der Waals surface area contributed by atoms with E-state index in [-0.39, 0.29) is 5.57 Å². The van der Waals surface area contributed by atoms with Crippen LogP contribution in [0.5, 0.6) is 0 Å². The van der Waals surface area contributed by atoms with E-state index in [1.165, 1.54) is 16.8 Å². The molecule has 0 radical (unpaired) electrons. The van der Waals surface area contributed by atoms with Crippen molar-refractivity contribution >= 4 is 35.3 Å². The van der Waals surface area contributed by atoms with E-state index in [1.54, 1.807) is 18.2 Å². The molecule has 3 aliphatic heterocycles. The summed E-state index contributed by atoms with van der Waals surface area (Å²) in [6, 6.07) is 10.8. The molecule has 0 aliphatic carbocycles. The van der Waals surface area contributed by atoms with Gasteiger partial charge in [0, 0.05) is 18.8 Å². The van der Waals surface area contributed by atoms with Gasteiger partial charge in [-0.05, 0) is 84.2 Å². The number of imide groups is 2. The Balaban J connectivity index is 1.51. The number of rotatable bonds is 3. The number of nitrogens with zero attached hydrogens (tertiary/aromatic N) is 2. The summed E-state index contributed by atoms with van der Waals surface area (Å²) in [6.07, 6.45) is 5.86. The molecule has 5 rings (SSSR count). The van der Waals surface area contributed by atoms with E-state index >= 15 is 0 Å². The van der Waals surface area contributed by atoms with E-state index in [2.05, 4.69) is 36.2 Å². The number of benzene rings is 2. The monoisotopic (exact) mass is 429 g/mol. The molecular weight excluding hydrogens is 402 g/mol. The predicted octanol–water partition coefficient (Wildman–Crippen LogP) is 4.18. The molecule has 32 heavy (non-hydrogen) atoms. The van der Waals surface area contributed by atoms with Crippen molar-refractivity contribution in [1.29, 1.82) is 0 Å². The highest BCUT2D eigenvalue weighted by Gasteiger charge is 2.37. The number of carbonyl (C=O) groups excluding carboxylic acids is 3. The smallest absolute Gasteiger partial charge is 0.335 e. The third-order valence-electron chi connectivity index (χ3n) is 6.59. The van der Waals surface area contributed by atoms with Crippen molar-refractivity contribution in [2.75, 3.05) is 22.9 Å². The largest absolute Gasteiger partial charge is 0.371 e. The van der Waals surface area contributed by atoms with Gasteiger partial charge in [-0.1, -0.05) is 26.0 Å². The zero-order valence-corrected chi connectivity index (χ0v) is 18.5. The third kappa shape index (κ3) is 3.49. The fourth-order valence-corrected chi connectivity index (χ4v) is 4.98. The fourth-order valence-electron chi connectivity index (χ4n) is 4.98. The van der Waals surface area contributed by atoms with Crippen LogP contribution in [0.25, 0.3) is 6.08 Å². The van der Waals surface area contributed by atoms with E-state index in [1.807, 2.05) is 12.1 Å². The number of aryl methyl sites for hydroxylation is 2. The van der Waals surface area contributed by atoms with Crippen LogP contribution in [0, 0.1) is 0 Å². The average Bonchev–Trinajstić information content (AvgIpc) is 2.77. The summed E-state index contributed by atoms with van der Waals surface area (Å²) >= 11 is 0. The molecule has 2 aromatic carbocycles. The second-order valence-corrected chi connectivity index (χ2v) is 9.09. The van der Waals surface area contributed by atoms with Crippen LogP contribution in [0.2, 0.25) is 0 Å². The predicted molar refractivity (Wildman–Crippen MR) is 125 cm³/mol. The Morgan fingerprint density at radius 3 is 2.16 bits per heavy atom. The van der Waals surface area contributed by atoms with Crippen molar-refractivity contribution in [3.63, 3.8) is 0 Å². The van der Waals surface area contributed by atoms with Crippen LogP contribution < -0.4 is 15.1 Å². The first-order valence-corrected chi connectivity index (χ1v) is 11.3. The number of carbonyl (C=O) groups is 3. The SMILES string of the molecule is CC(C)c1ccc(N2C(=O)NC(=O)/C(=C/c3cc4c5c(c3)CCCN5CCC4)C2=O)cc1. The topological polar surface area (TPSA) is 69.7 Å². The first-order chi connectivity index (χ1) is 15.4. The molecule has 1 saturated heterocycles. The van der Waals surface area contributed by atoms with Gasteiger partial charge in [-0.2, -0.15) is 0 Å². The number of amides is 4. The van der Waals surface area contributed by atoms with Crippen LogP contribution in [0.1, 0.15) is 54.9 Å². The number of hydrogen-bond donors (Lipinski definition) is 1. The lowest BCUT2D eigenvalue weighted by Gasteiger charge is -2.37. The van der Waals surface area contributed by atoms with Gasteiger partial charge < -0.3 is 4.90 Å². The van der Waals surface area contributed by atoms with Crippen molar-refractivity contribution in [2.24, 2.45) is 0 Å². The molecule has 4 amide bonds. The third-order valence-corrected chi connectivity index (χ3v) is 6.59. The van der Waals surface area contributed by atoms with Crippen LogP contribution in [0.4, 0.5) is 16.2 Å². The zero-order chi connectivity index (χ0) is 22.4. The van der Waals surface area contributed by atoms with Gasteiger partial charge in [0.1, 0.15) is 5.57 Å². The molecule has 6 nitrogen and oxygen atoms in total. The first kappa shape index (κ1) is 20.5. The highest BCUT2D eigenvalue weighted by atomic mass is 16.2. The normalized spacial score (nSPS) is 19.5. The van der Waals surface area contributed by atoms with Crippen molar-refractivity contribution in [3.8, 4) is 0 Å². The number of urea groups is 1. The molecule has 3 aliphatic rings. The van der Waals surface area contributed by atoms with Crippen LogP contribution in [-0.2, 0) is 22.4 Å². The Kier molecular flexibility index (Phi) is 5.08. The lowest BCUT2D eigenvalue weighted by molar-refractivity contribution is -0.122. The second kappa shape index (κ2) is 7.93. The molecule has 164 valence electrons. The molecule has 0 spiro atoms. The Bertz CT molecular complexity index is 1120. The van der Waals surface area contributed by atoms with Gasteiger partial charge in [0.15, 0.2) is 0 Å². The summed E-state index contributed by atoms with van der Waals surface area (Å²) < 4.78 is 0. The second-order valence-electron chi connectivity index (χ2n) is 9.09. The van der Waals surface area contributed by atoms with E-state index in [9.17, 15) is 14.4 Å². The standard InChI is InChI=1S/C26H27N3O3/c1-16(2)18-7-9-21(10-8-18)29-25(31)22(24(30)27-26(29)32)15-17-13-19-5-3-11-28-12-4-6-20(14-17)23(19)28/h7-10,13-16H,3-6,11-12H2,1-2H3,(H,27,30,32)/b22-15-. The highest BCUT2D eigenvalue weighted by Crippen LogP contribution is 2.36. The Labute approximate surface area is 187 Å². The van der Waals surface area contributed by atoms with Gasteiger partial charge in [-0.3, -0.25) is 14.9 Å². The fraction of sp³-hybridized carbons (Fsp3) is 0.346. The van der Waals surface area contributed by atoms with Crippen molar-refractivity contribution in [3.05, 3.63) is 64.2 Å². The maximum Gasteiger partial charge on any atom is 0.335 e. The Morgan fingerprint density at radius 1 is 0.938 bits per heavy atom. The Hall–Kier alpha value is -3.41. The summed E-state index contributed by atoms with van der Waals surface area (Å²) in [5.41, 5.74) is 6.28. The van der Waals surface area contributed by atoms with Gasteiger partial charge in [-0.25, -0.2) is 9.69 Å². The zero-order valence-electron chi connectivity index (χ0n) is 18.5. The minimum absolute atomic E-state index is 0.0202. The van der Waals surface area contributed by atoms with Crippen LogP contribution in [0.15, 0.2) is 42.0 Å². The average molecular weight is 430 g/mol. The molecule has 1 N–H and O–H groups in total. The van der Waals surface area contributed by atoms with Gasteiger partial charge in [-0.15, -0.1) is 0 Å². The van der Waals surface area contributed by atoms with Gasteiger partial charge in [0.05, 0.1) is 5.69 Å². The molecular formula is C26H27N3O3. The molecule has 0 saturated carbocycles. The van der Waals surface area contributed by atoms with E-state index < -0.39 is 17.8 Å². The van der Waals surface area contributed by atoms with Gasteiger partial charge in [0.2, 0.25) is 0 Å². The van der Waals surface area contributed by atoms with E-state index in [0.29, 0.717) is 11.6 Å². The summed E-state index contributed by atoms with van der Waals surface area (Å²) in [4.78, 5) is 41.8. The van der Waals surface area contributed by atoms with Crippen LogP contribution >= 0.6 is 0 Å². The summed E-state index contributed by atoms with van der Waals surface area (Å²) in [6.45, 7) is 6.35. The summed E-state index contributed by atoms with van der Waals surface area (Å²) in [5.74, 6) is -0.903. The van der Waals surface area contributed by atoms with Crippen molar-refractivity contribution < 1.29 is 14.4 Å². The number of anilines is 2. The molecule has 0 aromatic heterocycles. The summed E-state index contributed by atoms with van der Waals surface area (Å²) in [7, 11) is 0. The summed E-state index contributed by atoms with van der Waals surface area (Å²) in [5, 5.41) is 2.33. The molecule has 2 aromatic rings. The molecule has 3 heterocycles. The number of barbiturate groups is 1. The highest BCUT2D eigenvalue weighted by molar-refractivity contribution is 6.39. The number of nitrogens with one attached hydrogen (secondary N) is 1. The number of hydrogen-bond acceptors (Lipinski definition) is 4. The molecule has 0 atom stereocenters. The van der Waals surface area contributed by atoms with Gasteiger partial charge >= 0.3 is 6.03 Å². The quantitative estimate of drug-likeness (QED) is 0.587. The minimum Gasteiger partial charge on any atom is -0.371 e. The lowest BCUT2D eigenvalue weighted by Crippen LogP contribution is -2.54. The maximum absolute atomic E-state index is 13.2. The molecule has 0 unspecified atom stereocenters. The van der Waals surface area contributed by atoms with Gasteiger partial charge in [0.25, 0.3) is 11.8 Å².